The molecule has 0 rings (SSSR count). The van der Waals surface area contributed by atoms with Crippen LogP contribution in [0, 0.1) is 0 Å². The predicted octanol–water partition coefficient (Wildman–Crippen LogP) is -3.81. The van der Waals surface area contributed by atoms with Crippen LogP contribution < -0.4 is 38.9 Å². The number of nitrogens with two attached hydrogens (primary N) is 4. The molecule has 0 spiro atoms. The molecule has 0 fully saturated rings. The molecular formula is C16H43N9. The second kappa shape index (κ2) is 20.0. The summed E-state index contributed by atoms with van der Waals surface area (Å²) in [6.45, 7) is 14.2. The van der Waals surface area contributed by atoms with Gasteiger partial charge in [0.05, 0.1) is 0 Å². The van der Waals surface area contributed by atoms with Gasteiger partial charge in [-0.05, 0) is 0 Å². The molecule has 0 unspecified atom stereocenters. The third-order valence-corrected chi connectivity index (χ3v) is 3.95. The van der Waals surface area contributed by atoms with Gasteiger partial charge in [-0.15, -0.1) is 0 Å². The first kappa shape index (κ1) is 24.6. The summed E-state index contributed by atoms with van der Waals surface area (Å²) in [7, 11) is 0. The van der Waals surface area contributed by atoms with Gasteiger partial charge < -0.3 is 38.9 Å². The third kappa shape index (κ3) is 16.8. The Balaban J connectivity index is 3.67. The molecule has 0 aromatic carbocycles. The lowest BCUT2D eigenvalue weighted by Gasteiger charge is -2.27. The summed E-state index contributed by atoms with van der Waals surface area (Å²) in [4.78, 5) is 4.72. The fourth-order valence-electron chi connectivity index (χ4n) is 2.57. The molecule has 11 N–H and O–H groups in total. The van der Waals surface area contributed by atoms with E-state index in [1.807, 2.05) is 0 Å². The van der Waals surface area contributed by atoms with E-state index in [0.717, 1.165) is 78.5 Å². The van der Waals surface area contributed by atoms with Gasteiger partial charge in [-0.1, -0.05) is 0 Å². The number of hydrogen-bond acceptors (Lipinski definition) is 9. The Labute approximate surface area is 154 Å². The van der Waals surface area contributed by atoms with Gasteiger partial charge in [-0.25, -0.2) is 0 Å². The van der Waals surface area contributed by atoms with Crippen molar-refractivity contribution < 1.29 is 0 Å². The number of hydrogen-bond donors (Lipinski definition) is 7. The van der Waals surface area contributed by atoms with Crippen LogP contribution in [0.15, 0.2) is 0 Å². The van der Waals surface area contributed by atoms with Crippen LogP contribution in [0.4, 0.5) is 0 Å². The minimum Gasteiger partial charge on any atom is -0.329 e. The molecule has 0 aromatic rings. The fourth-order valence-corrected chi connectivity index (χ4v) is 2.57. The molecule has 0 saturated carbocycles. The molecule has 0 amide bonds. The highest BCUT2D eigenvalue weighted by Crippen LogP contribution is 1.91. The molecule has 0 aliphatic heterocycles. The first-order valence-corrected chi connectivity index (χ1v) is 9.65. The van der Waals surface area contributed by atoms with Crippen molar-refractivity contribution in [1.82, 2.24) is 25.8 Å². The van der Waals surface area contributed by atoms with Crippen LogP contribution in [-0.2, 0) is 0 Å². The second-order valence-corrected chi connectivity index (χ2v) is 6.09. The first-order chi connectivity index (χ1) is 12.3. The highest BCUT2D eigenvalue weighted by Gasteiger charge is 2.07. The number of nitrogens with zero attached hydrogens (tertiary/aromatic N) is 2. The maximum atomic E-state index is 5.73. The minimum atomic E-state index is 0.674. The zero-order valence-electron chi connectivity index (χ0n) is 16.0. The summed E-state index contributed by atoms with van der Waals surface area (Å²) in [6.07, 6.45) is 0. The zero-order valence-corrected chi connectivity index (χ0v) is 16.0. The summed E-state index contributed by atoms with van der Waals surface area (Å²) in [5.74, 6) is 0. The van der Waals surface area contributed by atoms with Crippen molar-refractivity contribution in [1.29, 1.82) is 0 Å². The molecule has 0 aromatic heterocycles. The Kier molecular flexibility index (Phi) is 19.7. The maximum absolute atomic E-state index is 5.73. The lowest BCUT2D eigenvalue weighted by Crippen LogP contribution is -2.43. The second-order valence-electron chi connectivity index (χ2n) is 6.09. The van der Waals surface area contributed by atoms with Crippen LogP contribution in [0.25, 0.3) is 0 Å². The van der Waals surface area contributed by atoms with E-state index in [9.17, 15) is 0 Å². The van der Waals surface area contributed by atoms with Crippen LogP contribution in [0.2, 0.25) is 0 Å². The van der Waals surface area contributed by atoms with Crippen molar-refractivity contribution in [3.63, 3.8) is 0 Å². The lowest BCUT2D eigenvalue weighted by molar-refractivity contribution is 0.212. The Bertz CT molecular complexity index is 250. The Morgan fingerprint density at radius 3 is 1.24 bits per heavy atom. The van der Waals surface area contributed by atoms with Gasteiger partial charge in [0.15, 0.2) is 0 Å². The van der Waals surface area contributed by atoms with E-state index in [2.05, 4.69) is 25.8 Å². The summed E-state index contributed by atoms with van der Waals surface area (Å²) in [5.41, 5.74) is 22.5. The summed E-state index contributed by atoms with van der Waals surface area (Å²) in [5, 5.41) is 10.1. The van der Waals surface area contributed by atoms with Gasteiger partial charge in [0.25, 0.3) is 0 Å². The van der Waals surface area contributed by atoms with Gasteiger partial charge in [0.2, 0.25) is 0 Å². The lowest BCUT2D eigenvalue weighted by atomic mass is 10.3. The monoisotopic (exact) mass is 361 g/mol. The Hall–Kier alpha value is -0.360. The quantitative estimate of drug-likeness (QED) is 0.108. The highest BCUT2D eigenvalue weighted by molar-refractivity contribution is 4.66. The van der Waals surface area contributed by atoms with E-state index < -0.39 is 0 Å². The fraction of sp³-hybridized carbons (Fsp3) is 1.00. The van der Waals surface area contributed by atoms with Crippen molar-refractivity contribution >= 4 is 0 Å². The Morgan fingerprint density at radius 1 is 0.400 bits per heavy atom. The van der Waals surface area contributed by atoms with Crippen molar-refractivity contribution in [2.24, 2.45) is 22.9 Å². The molecule has 25 heavy (non-hydrogen) atoms. The van der Waals surface area contributed by atoms with Crippen molar-refractivity contribution in [3.05, 3.63) is 0 Å². The smallest absolute Gasteiger partial charge is 0.0110 e. The maximum Gasteiger partial charge on any atom is 0.0110 e. The molecule has 0 heterocycles. The Morgan fingerprint density at radius 2 is 0.800 bits per heavy atom. The van der Waals surface area contributed by atoms with Gasteiger partial charge in [0, 0.05) is 105 Å². The molecule has 0 aliphatic carbocycles. The zero-order chi connectivity index (χ0) is 18.6. The van der Waals surface area contributed by atoms with Crippen LogP contribution >= 0.6 is 0 Å². The van der Waals surface area contributed by atoms with E-state index in [1.165, 1.54) is 0 Å². The van der Waals surface area contributed by atoms with Gasteiger partial charge in [-0.3, -0.25) is 9.80 Å². The van der Waals surface area contributed by atoms with E-state index in [-0.39, 0.29) is 0 Å². The normalized spacial score (nSPS) is 11.8. The largest absolute Gasteiger partial charge is 0.329 e. The van der Waals surface area contributed by atoms with Gasteiger partial charge in [-0.2, -0.15) is 0 Å². The number of rotatable bonds is 20. The molecule has 0 radical (unpaired) electrons. The van der Waals surface area contributed by atoms with Crippen LogP contribution in [0.3, 0.4) is 0 Å². The minimum absolute atomic E-state index is 0.674. The van der Waals surface area contributed by atoms with Crippen LogP contribution in [0.1, 0.15) is 0 Å². The molecular weight excluding hydrogens is 318 g/mol. The molecule has 0 atom stereocenters. The average molecular weight is 362 g/mol. The standard InChI is InChI=1S/C16H43N9/c17-1-5-21-6-7-22-8-9-23-10-14-25(13-4-20)16-15-24(11-2-18)12-3-19/h21-23H,1-20H2. The van der Waals surface area contributed by atoms with E-state index in [0.29, 0.717) is 26.2 Å². The van der Waals surface area contributed by atoms with Crippen molar-refractivity contribution in [2.75, 3.05) is 105 Å². The summed E-state index contributed by atoms with van der Waals surface area (Å²) < 4.78 is 0. The van der Waals surface area contributed by atoms with Crippen molar-refractivity contribution in [2.45, 2.75) is 0 Å². The highest BCUT2D eigenvalue weighted by atomic mass is 15.2. The molecule has 0 aliphatic rings. The predicted molar refractivity (Wildman–Crippen MR) is 108 cm³/mol. The molecule has 0 bridgehead atoms. The third-order valence-electron chi connectivity index (χ3n) is 3.95. The molecule has 9 nitrogen and oxygen atoms in total. The van der Waals surface area contributed by atoms with E-state index in [4.69, 9.17) is 22.9 Å². The average Bonchev–Trinajstić information content (AvgIpc) is 2.61. The van der Waals surface area contributed by atoms with Crippen LogP contribution in [-0.4, -0.2) is 115 Å². The van der Waals surface area contributed by atoms with E-state index in [1.54, 1.807) is 0 Å². The summed E-state index contributed by atoms with van der Waals surface area (Å²) in [6, 6.07) is 0. The topological polar surface area (TPSA) is 147 Å². The number of nitrogens with one attached hydrogen (secondary N) is 3. The molecule has 0 saturated heterocycles. The van der Waals surface area contributed by atoms with Crippen LogP contribution in [0.5, 0.6) is 0 Å². The summed E-state index contributed by atoms with van der Waals surface area (Å²) >= 11 is 0. The van der Waals surface area contributed by atoms with E-state index >= 15 is 0 Å². The molecule has 9 heteroatoms. The van der Waals surface area contributed by atoms with Gasteiger partial charge >= 0.3 is 0 Å². The van der Waals surface area contributed by atoms with Gasteiger partial charge in [0.1, 0.15) is 0 Å². The molecule has 152 valence electrons. The van der Waals surface area contributed by atoms with Crippen molar-refractivity contribution in [3.8, 4) is 0 Å². The SMILES string of the molecule is NCCNCCNCCNCCN(CCN)CCN(CCN)CCN. The first-order valence-electron chi connectivity index (χ1n) is 9.65.